The van der Waals surface area contributed by atoms with E-state index in [1.54, 1.807) is 0 Å². The zero-order chi connectivity index (χ0) is 25.8. The van der Waals surface area contributed by atoms with Crippen LogP contribution in [0.25, 0.3) is 10.9 Å². The van der Waals surface area contributed by atoms with E-state index in [0.717, 1.165) is 56.4 Å². The minimum Gasteiger partial charge on any atom is -0.481 e. The average molecular weight is 560 g/mol. The number of aromatic nitrogens is 1. The largest absolute Gasteiger partial charge is 0.481 e. The molecule has 1 atom stereocenters. The summed E-state index contributed by atoms with van der Waals surface area (Å²) in [6.45, 7) is 2.03. The number of aromatic amines is 1. The first-order valence-corrected chi connectivity index (χ1v) is 13.5. The second-order valence-corrected chi connectivity index (χ2v) is 10.5. The Labute approximate surface area is 224 Å². The number of amides is 1. The molecule has 0 bridgehead atoms. The van der Waals surface area contributed by atoms with Crippen molar-refractivity contribution in [3.63, 3.8) is 0 Å². The van der Waals surface area contributed by atoms with Crippen molar-refractivity contribution in [2.75, 3.05) is 18.0 Å². The maximum atomic E-state index is 13.4. The number of aliphatic carboxylic acids is 1. The van der Waals surface area contributed by atoms with E-state index in [1.807, 2.05) is 48.7 Å². The van der Waals surface area contributed by atoms with Gasteiger partial charge in [0.25, 0.3) is 0 Å². The number of H-pyrrole nitrogens is 1. The van der Waals surface area contributed by atoms with E-state index in [-0.39, 0.29) is 24.8 Å². The summed E-state index contributed by atoms with van der Waals surface area (Å²) in [6.07, 6.45) is 4.95. The molecule has 2 heterocycles. The molecule has 1 unspecified atom stereocenters. The molecule has 1 saturated heterocycles. The van der Waals surface area contributed by atoms with E-state index in [0.29, 0.717) is 6.42 Å². The van der Waals surface area contributed by atoms with Crippen LogP contribution >= 0.6 is 15.9 Å². The van der Waals surface area contributed by atoms with Crippen molar-refractivity contribution < 1.29 is 14.7 Å². The summed E-state index contributed by atoms with van der Waals surface area (Å²) in [5.74, 6) is -0.885. The molecule has 6 nitrogen and oxygen atoms in total. The molecule has 37 heavy (non-hydrogen) atoms. The van der Waals surface area contributed by atoms with E-state index in [1.165, 1.54) is 12.8 Å². The number of rotatable bonds is 9. The molecule has 3 N–H and O–H groups in total. The lowest BCUT2D eigenvalue weighted by Gasteiger charge is -2.27. The predicted molar refractivity (Wildman–Crippen MR) is 150 cm³/mol. The van der Waals surface area contributed by atoms with E-state index in [9.17, 15) is 9.59 Å². The molecule has 0 aliphatic carbocycles. The summed E-state index contributed by atoms with van der Waals surface area (Å²) in [5.41, 5.74) is 6.06. The minimum absolute atomic E-state index is 0.0638. The molecule has 1 amide bonds. The highest BCUT2D eigenvalue weighted by Crippen LogP contribution is 2.35. The second kappa shape index (κ2) is 11.2. The van der Waals surface area contributed by atoms with Crippen molar-refractivity contribution in [1.82, 2.24) is 10.3 Å². The fraction of sp³-hybridized carbons (Fsp3) is 0.267. The molecule has 4 aromatic rings. The Morgan fingerprint density at radius 3 is 2.57 bits per heavy atom. The maximum absolute atomic E-state index is 13.4. The number of hydrogen-bond acceptors (Lipinski definition) is 3. The molecular weight excluding hydrogens is 530 g/mol. The zero-order valence-corrected chi connectivity index (χ0v) is 22.1. The predicted octanol–water partition coefficient (Wildman–Crippen LogP) is 6.00. The van der Waals surface area contributed by atoms with Crippen molar-refractivity contribution in [3.05, 3.63) is 99.7 Å². The SMILES string of the molecule is O=C(O)CCc1c[nH]c2ccc(CC(=O)NC(c3ccccc3)c3ccc(Br)cc3N3CCCC3)cc12. The molecule has 7 heteroatoms. The number of carbonyl (C=O) groups excluding carboxylic acids is 1. The van der Waals surface area contributed by atoms with Gasteiger partial charge in [-0.15, -0.1) is 0 Å². The van der Waals surface area contributed by atoms with Crippen LogP contribution in [-0.2, 0) is 22.4 Å². The van der Waals surface area contributed by atoms with Crippen molar-refractivity contribution in [3.8, 4) is 0 Å². The van der Waals surface area contributed by atoms with Gasteiger partial charge >= 0.3 is 5.97 Å². The van der Waals surface area contributed by atoms with Crippen molar-refractivity contribution in [2.45, 2.75) is 38.1 Å². The number of nitrogens with one attached hydrogen (secondary N) is 2. The number of carboxylic acids is 1. The molecule has 1 fully saturated rings. The molecule has 1 aliphatic rings. The van der Waals surface area contributed by atoms with Gasteiger partial charge in [-0.3, -0.25) is 9.59 Å². The van der Waals surface area contributed by atoms with Gasteiger partial charge < -0.3 is 20.3 Å². The van der Waals surface area contributed by atoms with Gasteiger partial charge in [0.1, 0.15) is 0 Å². The highest BCUT2D eigenvalue weighted by Gasteiger charge is 2.24. The number of aryl methyl sites for hydroxylation is 1. The highest BCUT2D eigenvalue weighted by molar-refractivity contribution is 9.10. The number of benzene rings is 3. The van der Waals surface area contributed by atoms with E-state index < -0.39 is 5.97 Å². The van der Waals surface area contributed by atoms with Crippen molar-refractivity contribution in [2.24, 2.45) is 0 Å². The van der Waals surface area contributed by atoms with Crippen LogP contribution in [0.4, 0.5) is 5.69 Å². The Bertz CT molecular complexity index is 1410. The van der Waals surface area contributed by atoms with Gasteiger partial charge in [-0.05, 0) is 60.2 Å². The van der Waals surface area contributed by atoms with Gasteiger partial charge in [-0.1, -0.05) is 58.4 Å². The fourth-order valence-corrected chi connectivity index (χ4v) is 5.51. The summed E-state index contributed by atoms with van der Waals surface area (Å²) < 4.78 is 1.02. The van der Waals surface area contributed by atoms with Gasteiger partial charge in [0.2, 0.25) is 5.91 Å². The van der Waals surface area contributed by atoms with Crippen LogP contribution in [0.2, 0.25) is 0 Å². The van der Waals surface area contributed by atoms with Crippen LogP contribution in [0.3, 0.4) is 0 Å². The van der Waals surface area contributed by atoms with Crippen LogP contribution in [0.15, 0.2) is 77.4 Å². The first-order chi connectivity index (χ1) is 18.0. The van der Waals surface area contributed by atoms with E-state index in [2.05, 4.69) is 55.4 Å². The van der Waals surface area contributed by atoms with E-state index in [4.69, 9.17) is 5.11 Å². The minimum atomic E-state index is -0.821. The normalized spacial score (nSPS) is 14.1. The highest BCUT2D eigenvalue weighted by atomic mass is 79.9. The number of halogens is 1. The molecule has 1 aromatic heterocycles. The third-order valence-electron chi connectivity index (χ3n) is 6.99. The Morgan fingerprint density at radius 2 is 1.81 bits per heavy atom. The molecule has 3 aromatic carbocycles. The first kappa shape index (κ1) is 25.1. The number of fused-ring (bicyclic) bond motifs is 1. The van der Waals surface area contributed by atoms with Crippen LogP contribution in [0.5, 0.6) is 0 Å². The average Bonchev–Trinajstić information content (AvgIpc) is 3.57. The lowest BCUT2D eigenvalue weighted by molar-refractivity contribution is -0.137. The van der Waals surface area contributed by atoms with Crippen molar-refractivity contribution in [1.29, 1.82) is 0 Å². The zero-order valence-electron chi connectivity index (χ0n) is 20.5. The number of carbonyl (C=O) groups is 2. The third kappa shape index (κ3) is 5.88. The number of nitrogens with zero attached hydrogens (tertiary/aromatic N) is 1. The molecule has 0 spiro atoms. The van der Waals surface area contributed by atoms with Gasteiger partial charge in [-0.25, -0.2) is 0 Å². The summed E-state index contributed by atoms with van der Waals surface area (Å²) in [4.78, 5) is 30.1. The van der Waals surface area contributed by atoms with Crippen molar-refractivity contribution >= 4 is 44.4 Å². The molecule has 0 radical (unpaired) electrons. The lowest BCUT2D eigenvalue weighted by atomic mass is 9.96. The van der Waals surface area contributed by atoms with Gasteiger partial charge in [0.05, 0.1) is 12.5 Å². The standard InChI is InChI=1S/C30H30BrN3O3/c31-23-10-11-24(27(18-23)34-14-4-5-15-34)30(21-6-2-1-3-7-21)33-28(35)17-20-8-12-26-25(16-20)22(19-32-26)9-13-29(36)37/h1-3,6-8,10-12,16,18-19,30,32H,4-5,9,13-15,17H2,(H,33,35)(H,36,37). The first-order valence-electron chi connectivity index (χ1n) is 12.7. The maximum Gasteiger partial charge on any atom is 0.303 e. The molecular formula is C30H30BrN3O3. The Hall–Kier alpha value is -3.58. The smallest absolute Gasteiger partial charge is 0.303 e. The number of anilines is 1. The quantitative estimate of drug-likeness (QED) is 0.235. The second-order valence-electron chi connectivity index (χ2n) is 9.57. The topological polar surface area (TPSA) is 85.4 Å². The number of carboxylic acid groups (broad SMARTS) is 1. The Morgan fingerprint density at radius 1 is 1.03 bits per heavy atom. The van der Waals surface area contributed by atoms with Crippen LogP contribution in [-0.4, -0.2) is 35.1 Å². The summed E-state index contributed by atoms with van der Waals surface area (Å²) in [7, 11) is 0. The molecule has 0 saturated carbocycles. The van der Waals surface area contributed by atoms with Crippen LogP contribution in [0.1, 0.15) is 47.6 Å². The van der Waals surface area contributed by atoms with Crippen LogP contribution < -0.4 is 10.2 Å². The summed E-state index contributed by atoms with van der Waals surface area (Å²) in [5, 5.41) is 13.3. The van der Waals surface area contributed by atoms with Gasteiger partial charge in [0.15, 0.2) is 0 Å². The molecule has 190 valence electrons. The summed E-state index contributed by atoms with van der Waals surface area (Å²) in [6, 6.07) is 22.0. The van der Waals surface area contributed by atoms with Crippen LogP contribution in [0, 0.1) is 0 Å². The lowest BCUT2D eigenvalue weighted by Crippen LogP contribution is -2.32. The van der Waals surface area contributed by atoms with Gasteiger partial charge in [-0.2, -0.15) is 0 Å². The number of hydrogen-bond donors (Lipinski definition) is 3. The van der Waals surface area contributed by atoms with E-state index >= 15 is 0 Å². The summed E-state index contributed by atoms with van der Waals surface area (Å²) >= 11 is 3.64. The molecule has 5 rings (SSSR count). The third-order valence-corrected chi connectivity index (χ3v) is 7.49. The monoisotopic (exact) mass is 559 g/mol. The van der Waals surface area contributed by atoms with Gasteiger partial charge in [0, 0.05) is 52.3 Å². The fourth-order valence-electron chi connectivity index (χ4n) is 5.16. The Balaban J connectivity index is 1.42. The Kier molecular flexibility index (Phi) is 7.60. The molecule has 1 aliphatic heterocycles.